The molecular weight excluding hydrogens is 524 g/mol. The zero-order chi connectivity index (χ0) is 23.7. The quantitative estimate of drug-likeness (QED) is 0.178. The molecule has 1 heterocycles. The molecule has 5 aromatic rings. The number of aliphatic hydroxyl groups is 1. The van der Waals surface area contributed by atoms with Crippen molar-refractivity contribution in [2.45, 2.75) is 18.7 Å². The predicted octanol–water partition coefficient (Wildman–Crippen LogP) is 7.86. The fourth-order valence-corrected chi connectivity index (χ4v) is 4.62. The first-order valence-electron chi connectivity index (χ1n) is 9.77. The van der Waals surface area contributed by atoms with Crippen LogP contribution < -0.4 is 0 Å². The minimum atomic E-state index is -4.86. The number of rotatable bonds is 2. The predicted molar refractivity (Wildman–Crippen MR) is 125 cm³/mol. The van der Waals surface area contributed by atoms with Gasteiger partial charge in [-0.1, -0.05) is 51.8 Å². The van der Waals surface area contributed by atoms with Gasteiger partial charge in [0.15, 0.2) is 5.60 Å². The van der Waals surface area contributed by atoms with Gasteiger partial charge >= 0.3 is 6.18 Å². The number of nitrogens with zero attached hydrogens (tertiary/aromatic N) is 1. The van der Waals surface area contributed by atoms with Gasteiger partial charge in [0.2, 0.25) is 0 Å². The largest absolute Gasteiger partial charge is 0.421 e. The van der Waals surface area contributed by atoms with Crippen LogP contribution in [0.3, 0.4) is 0 Å². The molecule has 1 aromatic heterocycles. The van der Waals surface area contributed by atoms with E-state index >= 15 is 0 Å². The summed E-state index contributed by atoms with van der Waals surface area (Å²) in [4.78, 5) is 7.70. The van der Waals surface area contributed by atoms with Gasteiger partial charge in [-0.05, 0) is 53.6 Å². The van der Waals surface area contributed by atoms with E-state index in [4.69, 9.17) is 11.6 Å². The first-order valence-corrected chi connectivity index (χ1v) is 10.9. The Morgan fingerprint density at radius 3 is 2.36 bits per heavy atom. The molecule has 0 bridgehead atoms. The number of alkyl halides is 3. The van der Waals surface area contributed by atoms with Gasteiger partial charge in [-0.3, -0.25) is 0 Å². The van der Waals surface area contributed by atoms with Gasteiger partial charge in [0.1, 0.15) is 11.6 Å². The maximum Gasteiger partial charge on any atom is 0.421 e. The number of aromatic nitrogens is 2. The van der Waals surface area contributed by atoms with Gasteiger partial charge in [-0.15, -0.1) is 0 Å². The van der Waals surface area contributed by atoms with Gasteiger partial charge in [0.05, 0.1) is 21.6 Å². The van der Waals surface area contributed by atoms with Gasteiger partial charge in [0.25, 0.3) is 0 Å². The van der Waals surface area contributed by atoms with Crippen molar-refractivity contribution in [2.24, 2.45) is 0 Å². The van der Waals surface area contributed by atoms with E-state index in [1.54, 1.807) is 24.3 Å². The van der Waals surface area contributed by atoms with Crippen molar-refractivity contribution < 1.29 is 22.7 Å². The van der Waals surface area contributed by atoms with Crippen LogP contribution in [0.1, 0.15) is 12.5 Å². The highest BCUT2D eigenvalue weighted by Gasteiger charge is 2.51. The minimum Gasteiger partial charge on any atom is -0.376 e. The van der Waals surface area contributed by atoms with E-state index in [1.165, 1.54) is 30.3 Å². The summed E-state index contributed by atoms with van der Waals surface area (Å²) in [6.07, 6.45) is -4.86. The summed E-state index contributed by atoms with van der Waals surface area (Å²) in [7, 11) is 0. The van der Waals surface area contributed by atoms with Gasteiger partial charge in [-0.2, -0.15) is 13.2 Å². The molecule has 168 valence electrons. The van der Waals surface area contributed by atoms with Crippen LogP contribution >= 0.6 is 27.5 Å². The van der Waals surface area contributed by atoms with E-state index in [-0.39, 0.29) is 22.0 Å². The number of imidazole rings is 1. The summed E-state index contributed by atoms with van der Waals surface area (Å²) in [5, 5.41) is 12.7. The van der Waals surface area contributed by atoms with Crippen molar-refractivity contribution in [3.05, 3.63) is 75.5 Å². The molecule has 9 heteroatoms. The SMILES string of the molecule is CC(O)(c1ccc2c(c1)c1cc(Br)ccc1c1nc(-c3c(F)cccc3Cl)[nH]c21)C(F)(F)F. The van der Waals surface area contributed by atoms with Crippen LogP contribution in [0.5, 0.6) is 0 Å². The summed E-state index contributed by atoms with van der Waals surface area (Å²) in [5.74, 6) is -0.349. The zero-order valence-corrected chi connectivity index (χ0v) is 19.2. The number of hydrogen-bond donors (Lipinski definition) is 2. The molecule has 1 atom stereocenters. The summed E-state index contributed by atoms with van der Waals surface area (Å²) in [5.41, 5.74) is -2.18. The average molecular weight is 538 g/mol. The molecule has 0 radical (unpaired) electrons. The molecule has 0 aliphatic heterocycles. The molecule has 4 aromatic carbocycles. The second-order valence-electron chi connectivity index (χ2n) is 7.93. The van der Waals surface area contributed by atoms with Gasteiger partial charge in [0, 0.05) is 15.2 Å². The Kier molecular flexibility index (Phi) is 4.97. The molecule has 5 rings (SSSR count). The molecule has 0 saturated heterocycles. The van der Waals surface area contributed by atoms with Crippen molar-refractivity contribution in [2.75, 3.05) is 0 Å². The molecule has 0 aliphatic carbocycles. The van der Waals surface area contributed by atoms with Crippen LogP contribution in [-0.4, -0.2) is 21.3 Å². The van der Waals surface area contributed by atoms with Crippen LogP contribution in [0.25, 0.3) is 44.0 Å². The fourth-order valence-electron chi connectivity index (χ4n) is 4.00. The third-order valence-electron chi connectivity index (χ3n) is 5.83. The maximum atomic E-state index is 14.6. The number of halogens is 6. The lowest BCUT2D eigenvalue weighted by Gasteiger charge is -2.27. The highest BCUT2D eigenvalue weighted by atomic mass is 79.9. The number of hydrogen-bond acceptors (Lipinski definition) is 2. The van der Waals surface area contributed by atoms with Crippen molar-refractivity contribution >= 4 is 60.1 Å². The van der Waals surface area contributed by atoms with Crippen LogP contribution in [0.15, 0.2) is 59.1 Å². The highest BCUT2D eigenvalue weighted by molar-refractivity contribution is 9.10. The van der Waals surface area contributed by atoms with Crippen LogP contribution in [0, 0.1) is 5.82 Å². The van der Waals surface area contributed by atoms with Crippen molar-refractivity contribution in [1.29, 1.82) is 0 Å². The molecule has 0 saturated carbocycles. The Bertz CT molecular complexity index is 1560. The van der Waals surface area contributed by atoms with Crippen LogP contribution in [0.4, 0.5) is 17.6 Å². The second kappa shape index (κ2) is 7.41. The summed E-state index contributed by atoms with van der Waals surface area (Å²) < 4.78 is 55.8. The topological polar surface area (TPSA) is 48.9 Å². The molecular formula is C24H14BrClF4N2O. The normalized spacial score (nSPS) is 14.3. The maximum absolute atomic E-state index is 14.6. The molecule has 0 aliphatic rings. The molecule has 3 nitrogen and oxygen atoms in total. The van der Waals surface area contributed by atoms with E-state index in [0.29, 0.717) is 32.6 Å². The zero-order valence-electron chi connectivity index (χ0n) is 16.9. The monoisotopic (exact) mass is 536 g/mol. The van der Waals surface area contributed by atoms with E-state index in [2.05, 4.69) is 25.9 Å². The van der Waals surface area contributed by atoms with E-state index in [9.17, 15) is 22.7 Å². The summed E-state index contributed by atoms with van der Waals surface area (Å²) >= 11 is 9.63. The van der Waals surface area contributed by atoms with Crippen molar-refractivity contribution in [3.8, 4) is 11.4 Å². The lowest BCUT2D eigenvalue weighted by atomic mass is 9.91. The number of fused-ring (bicyclic) bond motifs is 6. The minimum absolute atomic E-state index is 0.102. The number of H-pyrrole nitrogens is 1. The average Bonchev–Trinajstić information content (AvgIpc) is 3.17. The Balaban J connectivity index is 1.90. The van der Waals surface area contributed by atoms with Crippen molar-refractivity contribution in [3.63, 3.8) is 0 Å². The van der Waals surface area contributed by atoms with E-state index in [1.807, 2.05) is 0 Å². The standard InChI is InChI=1S/C24H14BrClF4N2O/c1-23(33,24(28,29)30)11-5-7-13-15(9-11)16-10-12(25)6-8-14(16)21-20(13)31-22(32-21)19-17(26)3-2-4-18(19)27/h2-10,33H,1H3,(H,31,32). The Hall–Kier alpha value is -2.68. The third kappa shape index (κ3) is 3.39. The number of aromatic amines is 1. The number of benzene rings is 4. The van der Waals surface area contributed by atoms with E-state index < -0.39 is 17.6 Å². The third-order valence-corrected chi connectivity index (χ3v) is 6.64. The summed E-state index contributed by atoms with van der Waals surface area (Å²) in [6, 6.07) is 13.7. The van der Waals surface area contributed by atoms with Crippen LogP contribution in [-0.2, 0) is 5.60 Å². The molecule has 2 N–H and O–H groups in total. The molecule has 0 fully saturated rings. The summed E-state index contributed by atoms with van der Waals surface area (Å²) in [6.45, 7) is 0.722. The fraction of sp³-hybridized carbons (Fsp3) is 0.125. The first kappa shape index (κ1) is 22.1. The first-order chi connectivity index (χ1) is 15.5. The lowest BCUT2D eigenvalue weighted by molar-refractivity contribution is -0.258. The van der Waals surface area contributed by atoms with E-state index in [0.717, 1.165) is 11.4 Å². The van der Waals surface area contributed by atoms with Gasteiger partial charge in [-0.25, -0.2) is 9.37 Å². The highest BCUT2D eigenvalue weighted by Crippen LogP contribution is 2.43. The molecule has 33 heavy (non-hydrogen) atoms. The molecule has 0 spiro atoms. The van der Waals surface area contributed by atoms with Crippen LogP contribution in [0.2, 0.25) is 5.02 Å². The van der Waals surface area contributed by atoms with Gasteiger partial charge < -0.3 is 10.1 Å². The Morgan fingerprint density at radius 2 is 1.67 bits per heavy atom. The lowest BCUT2D eigenvalue weighted by Crippen LogP contribution is -2.39. The molecule has 1 unspecified atom stereocenters. The Labute approximate surface area is 198 Å². The van der Waals surface area contributed by atoms with Crippen molar-refractivity contribution in [1.82, 2.24) is 9.97 Å². The smallest absolute Gasteiger partial charge is 0.376 e. The second-order valence-corrected chi connectivity index (χ2v) is 9.25. The number of nitrogens with one attached hydrogen (secondary N) is 1. The Morgan fingerprint density at radius 1 is 0.970 bits per heavy atom. The molecule has 0 amide bonds.